The number of thioether (sulfide) groups is 1. The second-order valence-corrected chi connectivity index (χ2v) is 8.80. The van der Waals surface area contributed by atoms with Gasteiger partial charge < -0.3 is 9.73 Å². The summed E-state index contributed by atoms with van der Waals surface area (Å²) in [7, 11) is 0. The average molecular weight is 296 g/mol. The molecule has 0 aromatic carbocycles. The Morgan fingerprint density at radius 2 is 1.80 bits per heavy atom. The molecule has 2 heterocycles. The maximum absolute atomic E-state index is 5.94. The smallest absolute Gasteiger partial charge is 0.118 e. The van der Waals surface area contributed by atoms with E-state index in [1.54, 1.807) is 0 Å². The summed E-state index contributed by atoms with van der Waals surface area (Å²) in [6.45, 7) is 15.2. The van der Waals surface area contributed by atoms with Gasteiger partial charge in [-0.15, -0.1) is 0 Å². The van der Waals surface area contributed by atoms with Crippen molar-refractivity contribution in [3.8, 4) is 0 Å². The van der Waals surface area contributed by atoms with E-state index >= 15 is 0 Å². The van der Waals surface area contributed by atoms with Gasteiger partial charge in [0.2, 0.25) is 0 Å². The van der Waals surface area contributed by atoms with Crippen molar-refractivity contribution >= 4 is 11.8 Å². The molecule has 114 valence electrons. The summed E-state index contributed by atoms with van der Waals surface area (Å²) >= 11 is 2.09. The van der Waals surface area contributed by atoms with E-state index in [-0.39, 0.29) is 5.54 Å². The number of nitrogens with zero attached hydrogens (tertiary/aromatic N) is 1. The number of hydrogen-bond acceptors (Lipinski definition) is 4. The van der Waals surface area contributed by atoms with E-state index in [1.165, 1.54) is 0 Å². The Balaban J connectivity index is 1.86. The lowest BCUT2D eigenvalue weighted by Gasteiger charge is -2.33. The summed E-state index contributed by atoms with van der Waals surface area (Å²) in [5, 5.41) is 4.90. The lowest BCUT2D eigenvalue weighted by atomic mass is 10.1. The zero-order valence-electron chi connectivity index (χ0n) is 13.4. The molecule has 4 heteroatoms. The van der Waals surface area contributed by atoms with Crippen LogP contribution in [-0.2, 0) is 13.1 Å². The van der Waals surface area contributed by atoms with Crippen LogP contribution in [0.25, 0.3) is 0 Å². The van der Waals surface area contributed by atoms with Gasteiger partial charge in [-0.3, -0.25) is 4.90 Å². The van der Waals surface area contributed by atoms with Crippen LogP contribution in [0.15, 0.2) is 16.5 Å². The van der Waals surface area contributed by atoms with Gasteiger partial charge in [-0.2, -0.15) is 11.8 Å². The second-order valence-electron chi connectivity index (χ2n) is 6.92. The Labute approximate surface area is 127 Å². The van der Waals surface area contributed by atoms with Crippen molar-refractivity contribution in [2.24, 2.45) is 0 Å². The highest BCUT2D eigenvalue weighted by Gasteiger charge is 2.23. The largest absolute Gasteiger partial charge is 0.463 e. The highest BCUT2D eigenvalue weighted by molar-refractivity contribution is 8.00. The topological polar surface area (TPSA) is 28.4 Å². The summed E-state index contributed by atoms with van der Waals surface area (Å²) in [6.07, 6.45) is 0. The van der Waals surface area contributed by atoms with Crippen LogP contribution in [0.4, 0.5) is 0 Å². The minimum absolute atomic E-state index is 0.127. The maximum Gasteiger partial charge on any atom is 0.118 e. The molecule has 0 spiro atoms. The van der Waals surface area contributed by atoms with E-state index in [2.05, 4.69) is 68.7 Å². The van der Waals surface area contributed by atoms with Gasteiger partial charge in [-0.1, -0.05) is 13.8 Å². The summed E-state index contributed by atoms with van der Waals surface area (Å²) in [4.78, 5) is 2.51. The fourth-order valence-electron chi connectivity index (χ4n) is 2.59. The third-order valence-corrected chi connectivity index (χ3v) is 4.61. The Morgan fingerprint density at radius 3 is 2.40 bits per heavy atom. The maximum atomic E-state index is 5.94. The van der Waals surface area contributed by atoms with Gasteiger partial charge in [0.25, 0.3) is 0 Å². The van der Waals surface area contributed by atoms with Gasteiger partial charge in [0.15, 0.2) is 0 Å². The van der Waals surface area contributed by atoms with E-state index in [4.69, 9.17) is 4.42 Å². The molecule has 0 saturated carbocycles. The van der Waals surface area contributed by atoms with Crippen molar-refractivity contribution in [1.29, 1.82) is 0 Å². The van der Waals surface area contributed by atoms with Crippen molar-refractivity contribution in [1.82, 2.24) is 10.2 Å². The number of rotatable bonds is 4. The van der Waals surface area contributed by atoms with Crippen LogP contribution in [0.5, 0.6) is 0 Å². The summed E-state index contributed by atoms with van der Waals surface area (Å²) in [5.74, 6) is 2.12. The average Bonchev–Trinajstić information content (AvgIpc) is 2.72. The molecular formula is C16H28N2OS. The van der Waals surface area contributed by atoms with E-state index in [9.17, 15) is 0 Å². The molecule has 1 saturated heterocycles. The highest BCUT2D eigenvalue weighted by Crippen LogP contribution is 2.26. The molecule has 3 nitrogen and oxygen atoms in total. The highest BCUT2D eigenvalue weighted by atomic mass is 32.2. The molecule has 1 aromatic rings. The third kappa shape index (κ3) is 5.15. The van der Waals surface area contributed by atoms with Crippen molar-refractivity contribution < 1.29 is 4.42 Å². The molecule has 1 aliphatic heterocycles. The Bertz CT molecular complexity index is 414. The van der Waals surface area contributed by atoms with Crippen molar-refractivity contribution in [2.75, 3.05) is 13.1 Å². The normalized spacial score (nSPS) is 25.1. The van der Waals surface area contributed by atoms with Crippen molar-refractivity contribution in [2.45, 2.75) is 63.7 Å². The molecule has 0 bridgehead atoms. The molecule has 2 unspecified atom stereocenters. The van der Waals surface area contributed by atoms with Gasteiger partial charge >= 0.3 is 0 Å². The van der Waals surface area contributed by atoms with Gasteiger partial charge in [0.05, 0.1) is 13.1 Å². The predicted molar refractivity (Wildman–Crippen MR) is 87.1 cm³/mol. The van der Waals surface area contributed by atoms with Gasteiger partial charge in [0, 0.05) is 29.1 Å². The molecule has 2 rings (SSSR count). The van der Waals surface area contributed by atoms with Crippen LogP contribution in [0.1, 0.15) is 46.1 Å². The zero-order chi connectivity index (χ0) is 14.8. The Hall–Kier alpha value is -0.450. The third-order valence-electron chi connectivity index (χ3n) is 3.38. The molecule has 2 atom stereocenters. The van der Waals surface area contributed by atoms with Crippen LogP contribution in [0.2, 0.25) is 0 Å². The van der Waals surface area contributed by atoms with Crippen LogP contribution in [0.3, 0.4) is 0 Å². The van der Waals surface area contributed by atoms with E-state index in [1.807, 2.05) is 0 Å². The Morgan fingerprint density at radius 1 is 1.20 bits per heavy atom. The fourth-order valence-corrected chi connectivity index (χ4v) is 3.98. The van der Waals surface area contributed by atoms with Crippen LogP contribution in [-0.4, -0.2) is 34.0 Å². The molecule has 0 radical (unpaired) electrons. The van der Waals surface area contributed by atoms with Gasteiger partial charge in [-0.05, 0) is 32.9 Å². The lowest BCUT2D eigenvalue weighted by Crippen LogP contribution is -2.39. The summed E-state index contributed by atoms with van der Waals surface area (Å²) < 4.78 is 5.94. The first kappa shape index (κ1) is 15.9. The number of nitrogens with one attached hydrogen (secondary N) is 1. The molecule has 0 amide bonds. The molecular weight excluding hydrogens is 268 g/mol. The molecule has 1 aromatic heterocycles. The molecule has 1 aliphatic rings. The first-order chi connectivity index (χ1) is 9.32. The molecule has 20 heavy (non-hydrogen) atoms. The van der Waals surface area contributed by atoms with Crippen LogP contribution < -0.4 is 5.32 Å². The molecule has 0 aliphatic carbocycles. The van der Waals surface area contributed by atoms with E-state index < -0.39 is 0 Å². The lowest BCUT2D eigenvalue weighted by molar-refractivity contribution is 0.237. The first-order valence-electron chi connectivity index (χ1n) is 7.52. The second kappa shape index (κ2) is 6.54. The molecule has 1 fully saturated rings. The SMILES string of the molecule is CC1CN(Cc2ccc(CNC(C)(C)C)o2)CC(C)S1. The van der Waals surface area contributed by atoms with Gasteiger partial charge in [-0.25, -0.2) is 0 Å². The van der Waals surface area contributed by atoms with Crippen molar-refractivity contribution in [3.63, 3.8) is 0 Å². The van der Waals surface area contributed by atoms with E-state index in [0.717, 1.165) is 48.2 Å². The standard InChI is InChI=1S/C16H28N2OS/c1-12-9-18(10-13(2)20-12)11-15-7-6-14(19-15)8-17-16(3,4)5/h6-7,12-13,17H,8-11H2,1-5H3. The summed E-state index contributed by atoms with van der Waals surface area (Å²) in [6, 6.07) is 4.22. The van der Waals surface area contributed by atoms with Crippen molar-refractivity contribution in [3.05, 3.63) is 23.7 Å². The van der Waals surface area contributed by atoms with Crippen LogP contribution >= 0.6 is 11.8 Å². The number of hydrogen-bond donors (Lipinski definition) is 1. The first-order valence-corrected chi connectivity index (χ1v) is 8.46. The van der Waals surface area contributed by atoms with Crippen LogP contribution in [0, 0.1) is 0 Å². The monoisotopic (exact) mass is 296 g/mol. The fraction of sp³-hybridized carbons (Fsp3) is 0.750. The quantitative estimate of drug-likeness (QED) is 0.920. The minimum Gasteiger partial charge on any atom is -0.463 e. The van der Waals surface area contributed by atoms with E-state index in [0.29, 0.717) is 0 Å². The van der Waals surface area contributed by atoms with Gasteiger partial charge in [0.1, 0.15) is 11.5 Å². The molecule has 1 N–H and O–H groups in total. The predicted octanol–water partition coefficient (Wildman–Crippen LogP) is 3.49. The summed E-state index contributed by atoms with van der Waals surface area (Å²) in [5.41, 5.74) is 0.127. The number of furan rings is 1. The minimum atomic E-state index is 0.127. The zero-order valence-corrected chi connectivity index (χ0v) is 14.2. The Kier molecular flexibility index (Phi) is 5.21.